The summed E-state index contributed by atoms with van der Waals surface area (Å²) in [5.74, 6) is 6.49. The highest BCUT2D eigenvalue weighted by Crippen LogP contribution is 2.29. The lowest BCUT2D eigenvalue weighted by atomic mass is 9.99. The second-order valence-corrected chi connectivity index (χ2v) is 5.18. The number of nitrogens with two attached hydrogens (primary N) is 1. The zero-order valence-corrected chi connectivity index (χ0v) is 12.6. The van der Waals surface area contributed by atoms with Crippen LogP contribution in [0, 0.1) is 0 Å². The summed E-state index contributed by atoms with van der Waals surface area (Å²) in [4.78, 5) is 0. The fraction of sp³-hybridized carbons (Fsp3) is 0.200. The van der Waals surface area contributed by atoms with Crippen LogP contribution in [0.2, 0.25) is 10.0 Å². The van der Waals surface area contributed by atoms with Crippen molar-refractivity contribution in [2.45, 2.75) is 13.0 Å². The van der Waals surface area contributed by atoms with Gasteiger partial charge in [-0.15, -0.1) is 0 Å². The zero-order valence-electron chi connectivity index (χ0n) is 11.1. The van der Waals surface area contributed by atoms with Gasteiger partial charge in [-0.05, 0) is 48.4 Å². The summed E-state index contributed by atoms with van der Waals surface area (Å²) in [6.07, 6.45) is 0. The average molecular weight is 311 g/mol. The summed E-state index contributed by atoms with van der Waals surface area (Å²) in [5, 5.41) is 1.16. The maximum absolute atomic E-state index is 6.04. The molecule has 3 nitrogen and oxygen atoms in total. The van der Waals surface area contributed by atoms with E-state index in [-0.39, 0.29) is 6.04 Å². The summed E-state index contributed by atoms with van der Waals surface area (Å²) in [7, 11) is 0. The standard InChI is InChI=1S/C15H16Cl2N2O/c1-2-20-14-5-3-4-10(8-14)15(19-18)11-6-12(16)9-13(17)7-11/h3-9,15,19H,2,18H2,1H3. The maximum atomic E-state index is 6.04. The highest BCUT2D eigenvalue weighted by Gasteiger charge is 2.14. The highest BCUT2D eigenvalue weighted by molar-refractivity contribution is 6.34. The Morgan fingerprint density at radius 3 is 2.40 bits per heavy atom. The summed E-state index contributed by atoms with van der Waals surface area (Å²) in [5.41, 5.74) is 4.67. The molecular formula is C15H16Cl2N2O. The van der Waals surface area contributed by atoms with Gasteiger partial charge >= 0.3 is 0 Å². The van der Waals surface area contributed by atoms with E-state index < -0.39 is 0 Å². The molecule has 20 heavy (non-hydrogen) atoms. The molecule has 3 N–H and O–H groups in total. The SMILES string of the molecule is CCOc1cccc(C(NN)c2cc(Cl)cc(Cl)c2)c1. The van der Waals surface area contributed by atoms with Crippen LogP contribution in [0.1, 0.15) is 24.1 Å². The van der Waals surface area contributed by atoms with Crippen molar-refractivity contribution in [3.8, 4) is 5.75 Å². The van der Waals surface area contributed by atoms with Crippen molar-refractivity contribution in [2.75, 3.05) is 6.61 Å². The van der Waals surface area contributed by atoms with E-state index in [2.05, 4.69) is 5.43 Å². The number of hydrogen-bond acceptors (Lipinski definition) is 3. The third kappa shape index (κ3) is 3.64. The summed E-state index contributed by atoms with van der Waals surface area (Å²) in [6, 6.07) is 12.9. The Kier molecular flexibility index (Phi) is 5.26. The summed E-state index contributed by atoms with van der Waals surface area (Å²) in [6.45, 7) is 2.56. The molecule has 0 saturated heterocycles. The Hall–Kier alpha value is -1.26. The molecule has 0 fully saturated rings. The van der Waals surface area contributed by atoms with E-state index >= 15 is 0 Å². The molecule has 0 amide bonds. The first kappa shape index (κ1) is 15.1. The van der Waals surface area contributed by atoms with E-state index in [9.17, 15) is 0 Å². The molecule has 5 heteroatoms. The molecule has 0 aliphatic rings. The molecule has 0 aliphatic heterocycles. The van der Waals surface area contributed by atoms with Gasteiger partial charge in [-0.25, -0.2) is 5.43 Å². The number of nitrogens with one attached hydrogen (secondary N) is 1. The smallest absolute Gasteiger partial charge is 0.119 e. The normalized spacial score (nSPS) is 12.2. The van der Waals surface area contributed by atoms with Crippen molar-refractivity contribution >= 4 is 23.2 Å². The Labute approximate surface area is 128 Å². The molecule has 1 atom stereocenters. The molecule has 0 aliphatic carbocycles. The first-order chi connectivity index (χ1) is 9.63. The van der Waals surface area contributed by atoms with Crippen LogP contribution in [-0.4, -0.2) is 6.61 Å². The van der Waals surface area contributed by atoms with Gasteiger partial charge in [0.25, 0.3) is 0 Å². The van der Waals surface area contributed by atoms with Crippen LogP contribution >= 0.6 is 23.2 Å². The van der Waals surface area contributed by atoms with Crippen molar-refractivity contribution in [2.24, 2.45) is 5.84 Å². The lowest BCUT2D eigenvalue weighted by Crippen LogP contribution is -2.28. The average Bonchev–Trinajstić information content (AvgIpc) is 2.39. The van der Waals surface area contributed by atoms with E-state index in [1.807, 2.05) is 43.3 Å². The molecule has 106 valence electrons. The second kappa shape index (κ2) is 6.95. The van der Waals surface area contributed by atoms with Crippen LogP contribution < -0.4 is 16.0 Å². The Balaban J connectivity index is 2.38. The van der Waals surface area contributed by atoms with E-state index in [1.165, 1.54) is 0 Å². The molecule has 1 unspecified atom stereocenters. The Bertz CT molecular complexity index is 570. The molecule has 2 aromatic carbocycles. The van der Waals surface area contributed by atoms with E-state index in [4.69, 9.17) is 33.8 Å². The first-order valence-corrected chi connectivity index (χ1v) is 7.04. The number of halogens is 2. The lowest BCUT2D eigenvalue weighted by molar-refractivity contribution is 0.339. The lowest BCUT2D eigenvalue weighted by Gasteiger charge is -2.18. The molecule has 0 spiro atoms. The molecule has 2 rings (SSSR count). The minimum Gasteiger partial charge on any atom is -0.494 e. The number of hydrazine groups is 1. The van der Waals surface area contributed by atoms with E-state index in [0.29, 0.717) is 16.7 Å². The monoisotopic (exact) mass is 310 g/mol. The van der Waals surface area contributed by atoms with Crippen molar-refractivity contribution in [1.82, 2.24) is 5.43 Å². The number of ether oxygens (including phenoxy) is 1. The van der Waals surface area contributed by atoms with Crippen molar-refractivity contribution in [3.05, 3.63) is 63.6 Å². The number of rotatable bonds is 5. The highest BCUT2D eigenvalue weighted by atomic mass is 35.5. The maximum Gasteiger partial charge on any atom is 0.119 e. The molecule has 0 bridgehead atoms. The fourth-order valence-electron chi connectivity index (χ4n) is 2.08. The van der Waals surface area contributed by atoms with Crippen LogP contribution in [0.5, 0.6) is 5.75 Å². The predicted molar refractivity (Wildman–Crippen MR) is 83.2 cm³/mol. The minimum atomic E-state index is -0.202. The fourth-order valence-corrected chi connectivity index (χ4v) is 2.62. The van der Waals surface area contributed by atoms with Crippen LogP contribution in [0.4, 0.5) is 0 Å². The first-order valence-electron chi connectivity index (χ1n) is 6.29. The van der Waals surface area contributed by atoms with Gasteiger partial charge in [0.15, 0.2) is 0 Å². The Morgan fingerprint density at radius 1 is 1.10 bits per heavy atom. The van der Waals surface area contributed by atoms with Crippen molar-refractivity contribution in [1.29, 1.82) is 0 Å². The van der Waals surface area contributed by atoms with Gasteiger partial charge in [0.05, 0.1) is 12.6 Å². The second-order valence-electron chi connectivity index (χ2n) is 4.31. The largest absolute Gasteiger partial charge is 0.494 e. The van der Waals surface area contributed by atoms with E-state index in [1.54, 1.807) is 6.07 Å². The quantitative estimate of drug-likeness (QED) is 0.649. The molecule has 0 aromatic heterocycles. The Morgan fingerprint density at radius 2 is 1.80 bits per heavy atom. The van der Waals surface area contributed by atoms with Gasteiger partial charge < -0.3 is 4.74 Å². The molecule has 2 aromatic rings. The third-order valence-electron chi connectivity index (χ3n) is 2.89. The van der Waals surface area contributed by atoms with Crippen LogP contribution in [0.25, 0.3) is 0 Å². The van der Waals surface area contributed by atoms with Crippen LogP contribution in [0.15, 0.2) is 42.5 Å². The van der Waals surface area contributed by atoms with Crippen LogP contribution in [0.3, 0.4) is 0 Å². The molecule has 0 saturated carbocycles. The summed E-state index contributed by atoms with van der Waals surface area (Å²) >= 11 is 12.1. The molecular weight excluding hydrogens is 295 g/mol. The van der Waals surface area contributed by atoms with Crippen molar-refractivity contribution < 1.29 is 4.74 Å². The zero-order chi connectivity index (χ0) is 14.5. The van der Waals surface area contributed by atoms with Gasteiger partial charge in [-0.1, -0.05) is 35.3 Å². The minimum absolute atomic E-state index is 0.202. The van der Waals surface area contributed by atoms with Gasteiger partial charge in [0.1, 0.15) is 5.75 Å². The van der Waals surface area contributed by atoms with Gasteiger partial charge in [0.2, 0.25) is 0 Å². The van der Waals surface area contributed by atoms with Gasteiger partial charge in [0, 0.05) is 10.0 Å². The summed E-state index contributed by atoms with van der Waals surface area (Å²) < 4.78 is 5.50. The van der Waals surface area contributed by atoms with Gasteiger partial charge in [-0.3, -0.25) is 5.84 Å². The number of benzene rings is 2. The van der Waals surface area contributed by atoms with E-state index in [0.717, 1.165) is 16.9 Å². The predicted octanol–water partition coefficient (Wildman–Crippen LogP) is 3.94. The molecule has 0 heterocycles. The van der Waals surface area contributed by atoms with Crippen molar-refractivity contribution in [3.63, 3.8) is 0 Å². The molecule has 0 radical (unpaired) electrons. The van der Waals surface area contributed by atoms with Crippen LogP contribution in [-0.2, 0) is 0 Å². The topological polar surface area (TPSA) is 47.3 Å². The third-order valence-corrected chi connectivity index (χ3v) is 3.32. The van der Waals surface area contributed by atoms with Gasteiger partial charge in [-0.2, -0.15) is 0 Å². The number of hydrogen-bond donors (Lipinski definition) is 2.